The fourth-order valence-electron chi connectivity index (χ4n) is 3.18. The smallest absolute Gasteiger partial charge is 0.261 e. The van der Waals surface area contributed by atoms with Crippen LogP contribution in [0, 0.1) is 6.92 Å². The molecular weight excluding hydrogens is 320 g/mol. The minimum Gasteiger partial charge on any atom is -0.339 e. The Labute approximate surface area is 145 Å². The van der Waals surface area contributed by atoms with E-state index in [1.165, 1.54) is 0 Å². The Bertz CT molecular complexity index is 866. The number of carbonyl (C=O) groups excluding carboxylic acids is 2. The summed E-state index contributed by atoms with van der Waals surface area (Å²) in [4.78, 5) is 44.3. The van der Waals surface area contributed by atoms with Crippen molar-refractivity contribution in [1.82, 2.24) is 19.4 Å². The van der Waals surface area contributed by atoms with Crippen molar-refractivity contribution in [1.29, 1.82) is 0 Å². The van der Waals surface area contributed by atoms with Crippen LogP contribution in [0.1, 0.15) is 19.2 Å². The number of rotatable bonds is 3. The zero-order valence-electron chi connectivity index (χ0n) is 14.6. The SMILES string of the molecule is CC(=O)N1CCN(C(=O)CCn2c(C)nc3ccccc3c2=O)CC1. The van der Waals surface area contributed by atoms with E-state index in [-0.39, 0.29) is 23.8 Å². The van der Waals surface area contributed by atoms with Gasteiger partial charge in [0.15, 0.2) is 0 Å². The van der Waals surface area contributed by atoms with E-state index in [9.17, 15) is 14.4 Å². The van der Waals surface area contributed by atoms with Gasteiger partial charge in [-0.05, 0) is 19.1 Å². The van der Waals surface area contributed by atoms with E-state index in [4.69, 9.17) is 0 Å². The molecule has 0 radical (unpaired) electrons. The van der Waals surface area contributed by atoms with Crippen LogP contribution in [0.3, 0.4) is 0 Å². The highest BCUT2D eigenvalue weighted by Gasteiger charge is 2.22. The monoisotopic (exact) mass is 342 g/mol. The molecule has 2 amide bonds. The molecule has 1 aromatic heterocycles. The average molecular weight is 342 g/mol. The maximum Gasteiger partial charge on any atom is 0.261 e. The first-order valence-corrected chi connectivity index (χ1v) is 8.47. The van der Waals surface area contributed by atoms with Crippen molar-refractivity contribution >= 4 is 22.7 Å². The molecule has 0 atom stereocenters. The number of nitrogens with zero attached hydrogens (tertiary/aromatic N) is 4. The molecule has 0 spiro atoms. The lowest BCUT2D eigenvalue weighted by Crippen LogP contribution is -2.50. The number of benzene rings is 1. The summed E-state index contributed by atoms with van der Waals surface area (Å²) in [5, 5.41) is 0.565. The van der Waals surface area contributed by atoms with Crippen molar-refractivity contribution in [3.05, 3.63) is 40.4 Å². The summed E-state index contributed by atoms with van der Waals surface area (Å²) in [7, 11) is 0. The van der Waals surface area contributed by atoms with Gasteiger partial charge in [-0.3, -0.25) is 19.0 Å². The van der Waals surface area contributed by atoms with Crippen LogP contribution in [0.4, 0.5) is 0 Å². The third-order valence-corrected chi connectivity index (χ3v) is 4.68. The van der Waals surface area contributed by atoms with E-state index in [0.717, 1.165) is 0 Å². The number of fused-ring (bicyclic) bond motifs is 1. The highest BCUT2D eigenvalue weighted by molar-refractivity contribution is 5.78. The van der Waals surface area contributed by atoms with Crippen LogP contribution in [0.2, 0.25) is 0 Å². The molecule has 1 fully saturated rings. The standard InChI is InChI=1S/C18H22N4O3/c1-13-19-16-6-4-3-5-15(16)18(25)22(13)8-7-17(24)21-11-9-20(10-12-21)14(2)23/h3-6H,7-12H2,1-2H3. The van der Waals surface area contributed by atoms with Crippen LogP contribution in [0.5, 0.6) is 0 Å². The van der Waals surface area contributed by atoms with E-state index >= 15 is 0 Å². The van der Waals surface area contributed by atoms with Gasteiger partial charge in [-0.15, -0.1) is 0 Å². The molecule has 2 heterocycles. The first-order chi connectivity index (χ1) is 12.0. The van der Waals surface area contributed by atoms with Gasteiger partial charge in [0.1, 0.15) is 5.82 Å². The molecule has 0 aliphatic carbocycles. The summed E-state index contributed by atoms with van der Waals surface area (Å²) in [6.45, 7) is 5.86. The number of aromatic nitrogens is 2. The Morgan fingerprint density at radius 3 is 2.40 bits per heavy atom. The number of piperazine rings is 1. The number of aryl methyl sites for hydroxylation is 1. The van der Waals surface area contributed by atoms with Gasteiger partial charge >= 0.3 is 0 Å². The summed E-state index contributed by atoms with van der Waals surface area (Å²) in [6, 6.07) is 7.23. The summed E-state index contributed by atoms with van der Waals surface area (Å²) in [6.07, 6.45) is 0.251. The molecule has 0 bridgehead atoms. The van der Waals surface area contributed by atoms with Crippen LogP contribution >= 0.6 is 0 Å². The quantitative estimate of drug-likeness (QED) is 0.826. The Balaban J connectivity index is 1.68. The molecule has 1 saturated heterocycles. The van der Waals surface area contributed by atoms with Gasteiger partial charge in [0, 0.05) is 46.1 Å². The predicted molar refractivity (Wildman–Crippen MR) is 94.2 cm³/mol. The van der Waals surface area contributed by atoms with Crippen LogP contribution in [-0.4, -0.2) is 57.3 Å². The molecule has 0 N–H and O–H groups in total. The molecule has 25 heavy (non-hydrogen) atoms. The maximum absolute atomic E-state index is 12.6. The molecule has 1 aliphatic heterocycles. The van der Waals surface area contributed by atoms with E-state index in [2.05, 4.69) is 4.98 Å². The van der Waals surface area contributed by atoms with Gasteiger partial charge < -0.3 is 9.80 Å². The van der Waals surface area contributed by atoms with Gasteiger partial charge in [0.25, 0.3) is 5.56 Å². The molecule has 0 saturated carbocycles. The predicted octanol–water partition coefficient (Wildman–Crippen LogP) is 0.786. The summed E-state index contributed by atoms with van der Waals surface area (Å²) in [5.41, 5.74) is 0.560. The summed E-state index contributed by atoms with van der Waals surface area (Å²) >= 11 is 0. The second-order valence-electron chi connectivity index (χ2n) is 6.27. The average Bonchev–Trinajstić information content (AvgIpc) is 2.61. The first kappa shape index (κ1) is 17.1. The lowest BCUT2D eigenvalue weighted by molar-refractivity contribution is -0.138. The molecular formula is C18H22N4O3. The largest absolute Gasteiger partial charge is 0.339 e. The van der Waals surface area contributed by atoms with Crippen molar-refractivity contribution in [2.24, 2.45) is 0 Å². The Morgan fingerprint density at radius 2 is 1.72 bits per heavy atom. The van der Waals surface area contributed by atoms with Crippen LogP contribution < -0.4 is 5.56 Å². The van der Waals surface area contributed by atoms with Crippen molar-refractivity contribution in [3.63, 3.8) is 0 Å². The number of amides is 2. The highest BCUT2D eigenvalue weighted by atomic mass is 16.2. The van der Waals surface area contributed by atoms with E-state index in [1.807, 2.05) is 18.2 Å². The lowest BCUT2D eigenvalue weighted by Gasteiger charge is -2.34. The van der Waals surface area contributed by atoms with Crippen LogP contribution in [0.25, 0.3) is 10.9 Å². The third kappa shape index (κ3) is 3.55. The van der Waals surface area contributed by atoms with Crippen molar-refractivity contribution in [2.45, 2.75) is 26.8 Å². The molecule has 132 valence electrons. The molecule has 1 aromatic carbocycles. The minimum atomic E-state index is -0.114. The van der Waals surface area contributed by atoms with E-state index in [1.54, 1.807) is 34.3 Å². The fraction of sp³-hybridized carbons (Fsp3) is 0.444. The zero-order chi connectivity index (χ0) is 18.0. The Morgan fingerprint density at radius 1 is 1.08 bits per heavy atom. The number of hydrogen-bond donors (Lipinski definition) is 0. The highest BCUT2D eigenvalue weighted by Crippen LogP contribution is 2.09. The van der Waals surface area contributed by atoms with Gasteiger partial charge in [0.05, 0.1) is 10.9 Å². The third-order valence-electron chi connectivity index (χ3n) is 4.68. The Hall–Kier alpha value is -2.70. The number of para-hydroxylation sites is 1. The Kier molecular flexibility index (Phi) is 4.83. The number of carbonyl (C=O) groups is 2. The van der Waals surface area contributed by atoms with Crippen LogP contribution in [-0.2, 0) is 16.1 Å². The summed E-state index contributed by atoms with van der Waals surface area (Å²) < 4.78 is 1.56. The maximum atomic E-state index is 12.6. The summed E-state index contributed by atoms with van der Waals surface area (Å²) in [5.74, 6) is 0.650. The molecule has 1 aliphatic rings. The zero-order valence-corrected chi connectivity index (χ0v) is 14.6. The molecule has 2 aromatic rings. The normalized spacial score (nSPS) is 14.8. The molecule has 0 unspecified atom stereocenters. The van der Waals surface area contributed by atoms with Crippen molar-refractivity contribution in [2.75, 3.05) is 26.2 Å². The second-order valence-corrected chi connectivity index (χ2v) is 6.27. The first-order valence-electron chi connectivity index (χ1n) is 8.47. The van der Waals surface area contributed by atoms with Gasteiger partial charge in [-0.1, -0.05) is 12.1 Å². The van der Waals surface area contributed by atoms with E-state index in [0.29, 0.717) is 49.5 Å². The molecule has 7 heteroatoms. The molecule has 3 rings (SSSR count). The van der Waals surface area contributed by atoms with Crippen molar-refractivity contribution in [3.8, 4) is 0 Å². The van der Waals surface area contributed by atoms with Crippen molar-refractivity contribution < 1.29 is 9.59 Å². The van der Waals surface area contributed by atoms with Gasteiger partial charge in [-0.2, -0.15) is 0 Å². The minimum absolute atomic E-state index is 0.00246. The van der Waals surface area contributed by atoms with Gasteiger partial charge in [-0.25, -0.2) is 4.98 Å². The topological polar surface area (TPSA) is 75.5 Å². The second kappa shape index (κ2) is 7.04. The molecule has 7 nitrogen and oxygen atoms in total. The fourth-order valence-corrected chi connectivity index (χ4v) is 3.18. The number of hydrogen-bond acceptors (Lipinski definition) is 4. The van der Waals surface area contributed by atoms with Crippen LogP contribution in [0.15, 0.2) is 29.1 Å². The lowest BCUT2D eigenvalue weighted by atomic mass is 10.2. The van der Waals surface area contributed by atoms with Gasteiger partial charge in [0.2, 0.25) is 11.8 Å². The van der Waals surface area contributed by atoms with E-state index < -0.39 is 0 Å².